The fourth-order valence-corrected chi connectivity index (χ4v) is 10.5. The molecule has 200 valence electrons. The number of para-hydroxylation sites is 1. The van der Waals surface area contributed by atoms with Crippen molar-refractivity contribution in [2.24, 2.45) is 29.6 Å². The number of hydrogen-bond acceptors (Lipinski definition) is 7. The van der Waals surface area contributed by atoms with E-state index in [0.717, 1.165) is 32.4 Å². The Balaban J connectivity index is 1.28. The van der Waals surface area contributed by atoms with Crippen LogP contribution in [0.15, 0.2) is 58.4 Å². The van der Waals surface area contributed by atoms with Crippen molar-refractivity contribution < 1.29 is 24.2 Å². The Morgan fingerprint density at radius 1 is 1.08 bits per heavy atom. The summed E-state index contributed by atoms with van der Waals surface area (Å²) in [5.74, 6) is -2.63. The van der Waals surface area contributed by atoms with Crippen LogP contribution in [0.5, 0.6) is 5.75 Å². The van der Waals surface area contributed by atoms with Gasteiger partial charge >= 0.3 is 10.8 Å². The molecule has 7 atom stereocenters. The fraction of sp³-hybridized carbons (Fsp3) is 0.357. The third-order valence-corrected chi connectivity index (χ3v) is 11.5. The maximum atomic E-state index is 13.4. The van der Waals surface area contributed by atoms with E-state index < -0.39 is 24.3 Å². The molecular formula is C28H23ClN2O6S2. The largest absolute Gasteiger partial charge is 0.489 e. The summed E-state index contributed by atoms with van der Waals surface area (Å²) < 4.78 is 6.32. The molecule has 1 saturated heterocycles. The predicted octanol–water partition coefficient (Wildman–Crippen LogP) is 4.23. The van der Waals surface area contributed by atoms with E-state index >= 15 is 0 Å². The van der Waals surface area contributed by atoms with Gasteiger partial charge in [-0.15, -0.1) is 11.8 Å². The van der Waals surface area contributed by atoms with E-state index in [9.17, 15) is 24.3 Å². The van der Waals surface area contributed by atoms with E-state index in [1.54, 1.807) is 11.8 Å². The molecule has 11 heteroatoms. The Bertz CT molecular complexity index is 1590. The van der Waals surface area contributed by atoms with Crippen molar-refractivity contribution in [3.8, 4) is 5.75 Å². The number of carboxylic acid groups (broad SMARTS) is 1. The molecule has 2 N–H and O–H groups in total. The Kier molecular flexibility index (Phi) is 5.91. The maximum Gasteiger partial charge on any atom is 0.323 e. The zero-order valence-electron chi connectivity index (χ0n) is 20.4. The quantitative estimate of drug-likeness (QED) is 0.418. The number of rotatable bonds is 6. The highest BCUT2D eigenvalue weighted by Gasteiger charge is 2.69. The molecular weight excluding hydrogens is 560 g/mol. The first-order valence-electron chi connectivity index (χ1n) is 12.7. The summed E-state index contributed by atoms with van der Waals surface area (Å²) in [6, 6.07) is 15.3. The molecule has 2 aromatic carbocycles. The number of carboxylic acids is 1. The van der Waals surface area contributed by atoms with E-state index in [-0.39, 0.29) is 45.6 Å². The highest BCUT2D eigenvalue weighted by atomic mass is 35.5. The first kappa shape index (κ1) is 24.9. The number of H-pyrrole nitrogens is 1. The van der Waals surface area contributed by atoms with Crippen LogP contribution in [0.4, 0.5) is 0 Å². The predicted molar refractivity (Wildman–Crippen MR) is 145 cm³/mol. The van der Waals surface area contributed by atoms with Crippen LogP contribution in [0.1, 0.15) is 28.3 Å². The number of carbonyl (C=O) groups excluding carboxylic acids is 2. The second kappa shape index (κ2) is 9.25. The number of amides is 2. The van der Waals surface area contributed by atoms with Crippen molar-refractivity contribution in [2.45, 2.75) is 29.2 Å². The van der Waals surface area contributed by atoms with Gasteiger partial charge in [0, 0.05) is 26.6 Å². The molecule has 6 unspecified atom stereocenters. The van der Waals surface area contributed by atoms with Gasteiger partial charge in [-0.05, 0) is 47.9 Å². The number of nitrogens with zero attached hydrogens (tertiary/aromatic N) is 1. The molecule has 3 fully saturated rings. The third kappa shape index (κ3) is 3.87. The van der Waals surface area contributed by atoms with Crippen LogP contribution in [-0.2, 0) is 21.0 Å². The number of likely N-dealkylation sites (tertiary alicyclic amines) is 1. The van der Waals surface area contributed by atoms with Crippen LogP contribution in [0.2, 0.25) is 5.02 Å². The summed E-state index contributed by atoms with van der Waals surface area (Å²) in [6.45, 7) is -0.284. The SMILES string of the molecule is O=C(O)CN1C(=O)C2C3CC(C2C1=O)C1C3Sc2[nH]c(=O)sc2[C@@H]1c1ccccc1OCc1cccc(Cl)c1. The van der Waals surface area contributed by atoms with E-state index in [1.807, 2.05) is 48.5 Å². The standard InChI is InChI=1S/C28H23ClN2O6S2/c29-13-5-3-4-12(8-13)11-37-17-7-2-1-6-14(17)19-20-15-9-16(23(20)38-25-24(19)39-28(36)30-25)22-21(15)26(34)31(27(22)35)10-18(32)33/h1-8,15-16,19-23H,9-11H2,(H,30,36)(H,32,33)/t15?,16?,19-,20?,21?,22?,23?/m1/s1. The smallest absolute Gasteiger partial charge is 0.323 e. The molecule has 3 heterocycles. The Labute approximate surface area is 236 Å². The monoisotopic (exact) mass is 582 g/mol. The molecule has 0 spiro atoms. The number of nitrogens with one attached hydrogen (secondary N) is 1. The van der Waals surface area contributed by atoms with Crippen molar-refractivity contribution >= 4 is 52.5 Å². The van der Waals surface area contributed by atoms with Gasteiger partial charge in [-0.1, -0.05) is 53.3 Å². The van der Waals surface area contributed by atoms with Crippen molar-refractivity contribution in [1.82, 2.24) is 9.88 Å². The maximum absolute atomic E-state index is 13.4. The summed E-state index contributed by atoms with van der Waals surface area (Å²) in [6.07, 6.45) is 0.733. The Morgan fingerprint density at radius 2 is 1.85 bits per heavy atom. The lowest BCUT2D eigenvalue weighted by molar-refractivity contribution is -0.149. The van der Waals surface area contributed by atoms with E-state index in [4.69, 9.17) is 16.3 Å². The number of halogens is 1. The molecule has 2 aliphatic carbocycles. The fourth-order valence-electron chi connectivity index (χ4n) is 7.37. The first-order valence-corrected chi connectivity index (χ1v) is 14.8. The Morgan fingerprint density at radius 3 is 2.62 bits per heavy atom. The third-order valence-electron chi connectivity index (χ3n) is 8.65. The molecule has 7 rings (SSSR count). The van der Waals surface area contributed by atoms with Crippen LogP contribution in [0.3, 0.4) is 0 Å². The highest BCUT2D eigenvalue weighted by Crippen LogP contribution is 2.69. The van der Waals surface area contributed by atoms with Gasteiger partial charge in [-0.3, -0.25) is 24.1 Å². The molecule has 4 aliphatic rings. The van der Waals surface area contributed by atoms with E-state index in [2.05, 4.69) is 4.98 Å². The number of fused-ring (bicyclic) bond motifs is 9. The first-order chi connectivity index (χ1) is 18.8. The summed E-state index contributed by atoms with van der Waals surface area (Å²) in [5.41, 5.74) is 1.87. The van der Waals surface area contributed by atoms with Crippen molar-refractivity contribution in [3.05, 3.63) is 79.2 Å². The van der Waals surface area contributed by atoms with Crippen LogP contribution >= 0.6 is 34.7 Å². The zero-order valence-corrected chi connectivity index (χ0v) is 22.8. The van der Waals surface area contributed by atoms with Gasteiger partial charge in [0.05, 0.1) is 16.9 Å². The number of imide groups is 1. The molecule has 39 heavy (non-hydrogen) atoms. The number of aromatic amines is 1. The molecule has 2 bridgehead atoms. The average Bonchev–Trinajstić information content (AvgIpc) is 3.63. The number of hydrogen-bond donors (Lipinski definition) is 2. The molecule has 2 saturated carbocycles. The lowest BCUT2D eigenvalue weighted by Gasteiger charge is -2.43. The minimum absolute atomic E-state index is 0.00218. The normalized spacial score (nSPS) is 30.3. The highest BCUT2D eigenvalue weighted by molar-refractivity contribution is 8.00. The van der Waals surface area contributed by atoms with E-state index in [1.165, 1.54) is 11.3 Å². The Hall–Kier alpha value is -3.08. The average molecular weight is 583 g/mol. The second-order valence-corrected chi connectivity index (χ2v) is 13.2. The molecule has 1 aromatic heterocycles. The number of aromatic nitrogens is 1. The minimum atomic E-state index is -1.20. The second-order valence-electron chi connectivity index (χ2n) is 10.6. The number of thiazole rings is 1. The zero-order chi connectivity index (χ0) is 27.0. The van der Waals surface area contributed by atoms with Gasteiger partial charge in [0.15, 0.2) is 0 Å². The molecule has 8 nitrogen and oxygen atoms in total. The van der Waals surface area contributed by atoms with Crippen LogP contribution in [0, 0.1) is 29.6 Å². The van der Waals surface area contributed by atoms with Gasteiger partial charge in [0.25, 0.3) is 0 Å². The van der Waals surface area contributed by atoms with Crippen molar-refractivity contribution in [1.29, 1.82) is 0 Å². The van der Waals surface area contributed by atoms with Crippen molar-refractivity contribution in [2.75, 3.05) is 6.54 Å². The summed E-state index contributed by atoms with van der Waals surface area (Å²) in [4.78, 5) is 55.3. The topological polar surface area (TPSA) is 117 Å². The van der Waals surface area contributed by atoms with Crippen LogP contribution in [0.25, 0.3) is 0 Å². The van der Waals surface area contributed by atoms with Gasteiger partial charge in [-0.25, -0.2) is 0 Å². The van der Waals surface area contributed by atoms with E-state index in [0.29, 0.717) is 17.4 Å². The molecule has 2 amide bonds. The minimum Gasteiger partial charge on any atom is -0.489 e. The van der Waals surface area contributed by atoms with Gasteiger partial charge < -0.3 is 14.8 Å². The lowest BCUT2D eigenvalue weighted by Crippen LogP contribution is -2.42. The summed E-state index contributed by atoms with van der Waals surface area (Å²) in [5, 5.41) is 10.8. The lowest BCUT2D eigenvalue weighted by atomic mass is 9.68. The molecule has 0 radical (unpaired) electrons. The van der Waals surface area contributed by atoms with Crippen LogP contribution < -0.4 is 9.61 Å². The molecule has 3 aromatic rings. The molecule has 2 aliphatic heterocycles. The number of ether oxygens (including phenoxy) is 1. The summed E-state index contributed by atoms with van der Waals surface area (Å²) >= 11 is 8.94. The van der Waals surface area contributed by atoms with Crippen molar-refractivity contribution in [3.63, 3.8) is 0 Å². The number of aliphatic carboxylic acids is 1. The number of carbonyl (C=O) groups is 3. The van der Waals surface area contributed by atoms with Gasteiger partial charge in [0.1, 0.15) is 18.9 Å². The van der Waals surface area contributed by atoms with Gasteiger partial charge in [-0.2, -0.15) is 0 Å². The number of benzene rings is 2. The van der Waals surface area contributed by atoms with Crippen LogP contribution in [-0.4, -0.2) is 44.6 Å². The summed E-state index contributed by atoms with van der Waals surface area (Å²) in [7, 11) is 0. The van der Waals surface area contributed by atoms with Gasteiger partial charge in [0.2, 0.25) is 11.8 Å². The number of thioether (sulfide) groups is 1.